The number of para-hydroxylation sites is 1. The van der Waals surface area contributed by atoms with Gasteiger partial charge in [0.05, 0.1) is 0 Å². The van der Waals surface area contributed by atoms with Gasteiger partial charge in [-0.3, -0.25) is 19.3 Å². The molecule has 0 atom stereocenters. The highest BCUT2D eigenvalue weighted by molar-refractivity contribution is 6.48. The molecule has 5 rings (SSSR count). The lowest BCUT2D eigenvalue weighted by Crippen LogP contribution is -2.34. The highest BCUT2D eigenvalue weighted by Gasteiger charge is 2.37. The summed E-state index contributed by atoms with van der Waals surface area (Å²) in [6.07, 6.45) is 0.530. The van der Waals surface area contributed by atoms with Gasteiger partial charge in [0.15, 0.2) is 0 Å². The van der Waals surface area contributed by atoms with Gasteiger partial charge in [-0.25, -0.2) is 0 Å². The van der Waals surface area contributed by atoms with Gasteiger partial charge >= 0.3 is 0 Å². The molecule has 0 radical (unpaired) electrons. The van der Waals surface area contributed by atoms with Crippen LogP contribution in [0.15, 0.2) is 120 Å². The van der Waals surface area contributed by atoms with E-state index in [1.807, 2.05) is 60.7 Å². The predicted octanol–water partition coefficient (Wildman–Crippen LogP) is 6.21. The maximum absolute atomic E-state index is 12.9. The second-order valence-corrected chi connectivity index (χ2v) is 9.16. The molecule has 0 fully saturated rings. The molecule has 194 valence electrons. The maximum Gasteiger partial charge on any atom is 0.278 e. The molecule has 0 saturated heterocycles. The normalized spacial score (nSPS) is 13.0. The van der Waals surface area contributed by atoms with Crippen LogP contribution >= 0.6 is 11.6 Å². The number of halogens is 1. The molecule has 2 N–H and O–H groups in total. The number of anilines is 2. The first-order valence-corrected chi connectivity index (χ1v) is 12.7. The van der Waals surface area contributed by atoms with Gasteiger partial charge in [0.2, 0.25) is 0 Å². The highest BCUT2D eigenvalue weighted by atomic mass is 35.5. The van der Waals surface area contributed by atoms with Crippen molar-refractivity contribution in [2.24, 2.45) is 0 Å². The summed E-state index contributed by atoms with van der Waals surface area (Å²) in [7, 11) is 0. The van der Waals surface area contributed by atoms with Crippen LogP contribution in [0.25, 0.3) is 0 Å². The second-order valence-electron chi connectivity index (χ2n) is 8.78. The van der Waals surface area contributed by atoms with E-state index in [9.17, 15) is 14.4 Å². The molecule has 1 aliphatic rings. The average molecular weight is 538 g/mol. The van der Waals surface area contributed by atoms with Crippen LogP contribution < -0.4 is 15.4 Å². The summed E-state index contributed by atoms with van der Waals surface area (Å²) >= 11 is 6.21. The third kappa shape index (κ3) is 6.17. The van der Waals surface area contributed by atoms with Crippen LogP contribution in [-0.4, -0.2) is 29.2 Å². The van der Waals surface area contributed by atoms with E-state index in [-0.39, 0.29) is 23.2 Å². The van der Waals surface area contributed by atoms with Gasteiger partial charge in [-0.2, -0.15) is 0 Å². The number of imide groups is 1. The Morgan fingerprint density at radius 2 is 1.31 bits per heavy atom. The van der Waals surface area contributed by atoms with Crippen molar-refractivity contribution in [2.75, 3.05) is 17.2 Å². The van der Waals surface area contributed by atoms with Crippen LogP contribution in [0, 0.1) is 0 Å². The van der Waals surface area contributed by atoms with Crippen molar-refractivity contribution in [2.45, 2.75) is 6.42 Å². The molecule has 39 heavy (non-hydrogen) atoms. The SMILES string of the molecule is O=C(Nc1ccc(Oc2ccccc2)cc1)c1ccc(NC2=C(Cl)C(=O)N(CCc3ccccc3)C2=O)cc1. The van der Waals surface area contributed by atoms with Crippen molar-refractivity contribution < 1.29 is 19.1 Å². The molecule has 0 saturated carbocycles. The third-order valence-electron chi connectivity index (χ3n) is 6.09. The summed E-state index contributed by atoms with van der Waals surface area (Å²) < 4.78 is 5.77. The van der Waals surface area contributed by atoms with Crippen LogP contribution in [0.1, 0.15) is 15.9 Å². The monoisotopic (exact) mass is 537 g/mol. The number of hydrogen-bond acceptors (Lipinski definition) is 5. The molecule has 0 aromatic heterocycles. The van der Waals surface area contributed by atoms with Crippen LogP contribution in [0.3, 0.4) is 0 Å². The van der Waals surface area contributed by atoms with Gasteiger partial charge in [0.1, 0.15) is 22.2 Å². The van der Waals surface area contributed by atoms with Crippen LogP contribution in [0.2, 0.25) is 0 Å². The molecule has 1 aliphatic heterocycles. The summed E-state index contributed by atoms with van der Waals surface area (Å²) in [4.78, 5) is 39.3. The predicted molar refractivity (Wildman–Crippen MR) is 151 cm³/mol. The molecule has 4 aromatic rings. The van der Waals surface area contributed by atoms with Crippen LogP contribution in [-0.2, 0) is 16.0 Å². The van der Waals surface area contributed by atoms with Gasteiger partial charge < -0.3 is 15.4 Å². The first-order chi connectivity index (χ1) is 19.0. The van der Waals surface area contributed by atoms with Crippen molar-refractivity contribution in [3.05, 3.63) is 131 Å². The zero-order chi connectivity index (χ0) is 27.2. The van der Waals surface area contributed by atoms with E-state index in [1.165, 1.54) is 0 Å². The van der Waals surface area contributed by atoms with E-state index in [2.05, 4.69) is 10.6 Å². The molecular formula is C31H24ClN3O4. The Morgan fingerprint density at radius 3 is 1.97 bits per heavy atom. The molecule has 1 heterocycles. The number of nitrogens with one attached hydrogen (secondary N) is 2. The summed E-state index contributed by atoms with van der Waals surface area (Å²) in [5.41, 5.74) is 2.59. The summed E-state index contributed by atoms with van der Waals surface area (Å²) in [6, 6.07) is 32.6. The molecule has 0 spiro atoms. The lowest BCUT2D eigenvalue weighted by molar-refractivity contribution is -0.137. The zero-order valence-corrected chi connectivity index (χ0v) is 21.5. The lowest BCUT2D eigenvalue weighted by atomic mass is 10.1. The fraction of sp³-hybridized carbons (Fsp3) is 0.0645. The fourth-order valence-corrected chi connectivity index (χ4v) is 4.26. The topological polar surface area (TPSA) is 87.7 Å². The number of ether oxygens (including phenoxy) is 1. The Balaban J connectivity index is 1.17. The molecule has 7 nitrogen and oxygen atoms in total. The number of amides is 3. The number of hydrogen-bond donors (Lipinski definition) is 2. The minimum Gasteiger partial charge on any atom is -0.457 e. The van der Waals surface area contributed by atoms with E-state index >= 15 is 0 Å². The van der Waals surface area contributed by atoms with Crippen LogP contribution in [0.4, 0.5) is 11.4 Å². The minimum absolute atomic E-state index is 0.0183. The quantitative estimate of drug-likeness (QED) is 0.248. The van der Waals surface area contributed by atoms with Crippen molar-refractivity contribution >= 4 is 40.7 Å². The van der Waals surface area contributed by atoms with Gasteiger partial charge in [0.25, 0.3) is 17.7 Å². The fourth-order valence-electron chi connectivity index (χ4n) is 4.03. The van der Waals surface area contributed by atoms with E-state index in [0.717, 1.165) is 16.2 Å². The molecule has 0 bridgehead atoms. The third-order valence-corrected chi connectivity index (χ3v) is 6.44. The number of benzene rings is 4. The summed E-state index contributed by atoms with van der Waals surface area (Å²) in [6.45, 7) is 0.224. The Hall–Kier alpha value is -4.88. The van der Waals surface area contributed by atoms with E-state index in [0.29, 0.717) is 29.1 Å². The number of carbonyl (C=O) groups excluding carboxylic acids is 3. The van der Waals surface area contributed by atoms with Crippen molar-refractivity contribution in [3.63, 3.8) is 0 Å². The molecule has 3 amide bonds. The van der Waals surface area contributed by atoms with Gasteiger partial charge in [-0.05, 0) is 72.6 Å². The smallest absolute Gasteiger partial charge is 0.278 e. The van der Waals surface area contributed by atoms with Crippen molar-refractivity contribution in [1.29, 1.82) is 0 Å². The summed E-state index contributed by atoms with van der Waals surface area (Å²) in [5.74, 6) is 0.0678. The van der Waals surface area contributed by atoms with Crippen LogP contribution in [0.5, 0.6) is 11.5 Å². The van der Waals surface area contributed by atoms with E-state index < -0.39 is 11.8 Å². The van der Waals surface area contributed by atoms with E-state index in [1.54, 1.807) is 48.5 Å². The number of rotatable bonds is 9. The first-order valence-electron chi connectivity index (χ1n) is 12.3. The molecular weight excluding hydrogens is 514 g/mol. The van der Waals surface area contributed by atoms with Gasteiger partial charge in [-0.1, -0.05) is 60.1 Å². The number of nitrogens with zero attached hydrogens (tertiary/aromatic N) is 1. The van der Waals surface area contributed by atoms with Crippen molar-refractivity contribution in [1.82, 2.24) is 4.90 Å². The Kier molecular flexibility index (Phi) is 7.70. The molecule has 0 aliphatic carbocycles. The average Bonchev–Trinajstić information content (AvgIpc) is 3.17. The highest BCUT2D eigenvalue weighted by Crippen LogP contribution is 2.27. The Morgan fingerprint density at radius 1 is 0.718 bits per heavy atom. The molecule has 0 unspecified atom stereocenters. The molecule has 8 heteroatoms. The first kappa shape index (κ1) is 25.8. The van der Waals surface area contributed by atoms with Gasteiger partial charge in [0, 0.05) is 23.5 Å². The Bertz CT molecular complexity index is 1520. The standard InChI is InChI=1S/C31H24ClN3O4/c32-27-28(31(38)35(30(27)37)20-19-21-7-3-1-4-8-21)33-23-13-11-22(12-14-23)29(36)34-24-15-17-26(18-16-24)39-25-9-5-2-6-10-25/h1-18,33H,19-20H2,(H,34,36). The number of carbonyl (C=O) groups is 3. The summed E-state index contributed by atoms with van der Waals surface area (Å²) in [5, 5.41) is 5.62. The second kappa shape index (κ2) is 11.7. The van der Waals surface area contributed by atoms with E-state index in [4.69, 9.17) is 16.3 Å². The molecule has 4 aromatic carbocycles. The van der Waals surface area contributed by atoms with Gasteiger partial charge in [-0.15, -0.1) is 0 Å². The largest absolute Gasteiger partial charge is 0.457 e. The minimum atomic E-state index is -0.531. The Labute approximate surface area is 230 Å². The maximum atomic E-state index is 12.9. The zero-order valence-electron chi connectivity index (χ0n) is 20.8. The lowest BCUT2D eigenvalue weighted by Gasteiger charge is -2.15. The van der Waals surface area contributed by atoms with Crippen molar-refractivity contribution in [3.8, 4) is 11.5 Å².